The summed E-state index contributed by atoms with van der Waals surface area (Å²) in [5.74, 6) is 0.450. The van der Waals surface area contributed by atoms with Gasteiger partial charge in [-0.3, -0.25) is 0 Å². The molecule has 0 bridgehead atoms. The minimum Gasteiger partial charge on any atom is -0.242 e. The summed E-state index contributed by atoms with van der Waals surface area (Å²) >= 11 is 7.10. The van der Waals surface area contributed by atoms with Crippen molar-refractivity contribution in [1.82, 2.24) is 4.98 Å². The first-order chi connectivity index (χ1) is 5.86. The molecule has 0 fully saturated rings. The molecule has 0 amide bonds. The van der Waals surface area contributed by atoms with Crippen LogP contribution in [0.5, 0.6) is 0 Å². The molecule has 0 aliphatic rings. The van der Waals surface area contributed by atoms with Crippen molar-refractivity contribution in [3.8, 4) is 0 Å². The molecular weight excluding hydrogens is 198 g/mol. The lowest BCUT2D eigenvalue weighted by Crippen LogP contribution is -1.94. The Morgan fingerprint density at radius 3 is 3.00 bits per heavy atom. The smallest absolute Gasteiger partial charge is 0.134 e. The summed E-state index contributed by atoms with van der Waals surface area (Å²) in [5.41, 5.74) is 0.886. The van der Waals surface area contributed by atoms with Crippen LogP contribution in [0.2, 0.25) is 0 Å². The number of hydrogen-bond donors (Lipinski definition) is 0. The van der Waals surface area contributed by atoms with E-state index in [1.165, 1.54) is 11.3 Å². The lowest BCUT2D eigenvalue weighted by atomic mass is 10.6. The molecule has 12 heavy (non-hydrogen) atoms. The van der Waals surface area contributed by atoms with E-state index in [2.05, 4.69) is 4.98 Å². The molecule has 0 aliphatic carbocycles. The van der Waals surface area contributed by atoms with Crippen LogP contribution in [-0.4, -0.2) is 11.6 Å². The minimum absolute atomic E-state index is 0.398. The molecule has 1 rings (SSSR count). The van der Waals surface area contributed by atoms with Crippen molar-refractivity contribution in [2.45, 2.75) is 19.4 Å². The second-order valence-corrected chi connectivity index (χ2v) is 3.24. The fourth-order valence-corrected chi connectivity index (χ4v) is 1.57. The van der Waals surface area contributed by atoms with Gasteiger partial charge in [0.05, 0.1) is 18.2 Å². The Morgan fingerprint density at radius 1 is 1.58 bits per heavy atom. The zero-order valence-corrected chi connectivity index (χ0v) is 8.32. The second kappa shape index (κ2) is 5.48. The molecule has 0 spiro atoms. The molecule has 1 aromatic heterocycles. The fraction of sp³-hybridized carbons (Fsp3) is 0.571. The highest BCUT2D eigenvalue weighted by Gasteiger charge is 2.00. The van der Waals surface area contributed by atoms with Crippen molar-refractivity contribution in [1.29, 1.82) is 0 Å². The van der Waals surface area contributed by atoms with Crippen molar-refractivity contribution >= 4 is 22.9 Å². The zero-order chi connectivity index (χ0) is 8.81. The molecule has 1 heterocycles. The van der Waals surface area contributed by atoms with Gasteiger partial charge in [0.2, 0.25) is 0 Å². The Morgan fingerprint density at radius 2 is 2.42 bits per heavy atom. The van der Waals surface area contributed by atoms with Crippen molar-refractivity contribution < 1.29 is 9.78 Å². The van der Waals surface area contributed by atoms with E-state index in [-0.39, 0.29) is 0 Å². The molecule has 1 aromatic rings. The summed E-state index contributed by atoms with van der Waals surface area (Å²) in [6, 6.07) is 0. The van der Waals surface area contributed by atoms with Crippen molar-refractivity contribution in [3.05, 3.63) is 16.1 Å². The molecule has 68 valence electrons. The molecule has 0 unspecified atom stereocenters. The SMILES string of the molecule is CCOOCc1nc(CCl)cs1. The third kappa shape index (κ3) is 3.06. The van der Waals surface area contributed by atoms with E-state index in [1.807, 2.05) is 12.3 Å². The maximum atomic E-state index is 5.57. The van der Waals surface area contributed by atoms with Gasteiger partial charge in [-0.15, -0.1) is 22.9 Å². The van der Waals surface area contributed by atoms with Crippen LogP contribution < -0.4 is 0 Å². The first-order valence-corrected chi connectivity index (χ1v) is 5.02. The summed E-state index contributed by atoms with van der Waals surface area (Å²) < 4.78 is 0. The maximum absolute atomic E-state index is 5.57. The highest BCUT2D eigenvalue weighted by Crippen LogP contribution is 2.12. The predicted octanol–water partition coefficient (Wildman–Crippen LogP) is 2.35. The van der Waals surface area contributed by atoms with E-state index in [0.29, 0.717) is 19.1 Å². The van der Waals surface area contributed by atoms with Crippen LogP contribution in [0.3, 0.4) is 0 Å². The zero-order valence-electron chi connectivity index (χ0n) is 6.75. The molecule has 0 saturated carbocycles. The Balaban J connectivity index is 2.31. The summed E-state index contributed by atoms with van der Waals surface area (Å²) in [6.45, 7) is 2.81. The number of thiazole rings is 1. The van der Waals surface area contributed by atoms with Crippen LogP contribution in [-0.2, 0) is 22.3 Å². The maximum Gasteiger partial charge on any atom is 0.134 e. The van der Waals surface area contributed by atoms with E-state index in [9.17, 15) is 0 Å². The molecule has 0 saturated heterocycles. The van der Waals surface area contributed by atoms with E-state index < -0.39 is 0 Å². The van der Waals surface area contributed by atoms with Crippen LogP contribution in [0.1, 0.15) is 17.6 Å². The quantitative estimate of drug-likeness (QED) is 0.322. The number of aromatic nitrogens is 1. The van der Waals surface area contributed by atoms with Crippen LogP contribution in [0.4, 0.5) is 0 Å². The second-order valence-electron chi connectivity index (χ2n) is 2.03. The topological polar surface area (TPSA) is 31.4 Å². The standard InChI is InChI=1S/C7H10ClNO2S/c1-2-10-11-4-7-9-6(3-8)5-12-7/h5H,2-4H2,1H3. The van der Waals surface area contributed by atoms with E-state index >= 15 is 0 Å². The largest absolute Gasteiger partial charge is 0.242 e. The summed E-state index contributed by atoms with van der Waals surface area (Å²) in [4.78, 5) is 13.7. The third-order valence-electron chi connectivity index (χ3n) is 1.12. The average molecular weight is 208 g/mol. The van der Waals surface area contributed by atoms with Gasteiger partial charge in [-0.05, 0) is 6.92 Å². The first-order valence-electron chi connectivity index (χ1n) is 3.60. The molecule has 0 aromatic carbocycles. The van der Waals surface area contributed by atoms with Gasteiger partial charge in [0.25, 0.3) is 0 Å². The van der Waals surface area contributed by atoms with Crippen LogP contribution in [0.15, 0.2) is 5.38 Å². The monoisotopic (exact) mass is 207 g/mol. The van der Waals surface area contributed by atoms with Gasteiger partial charge in [0.15, 0.2) is 0 Å². The summed E-state index contributed by atoms with van der Waals surface area (Å²) in [6.07, 6.45) is 0. The molecule has 0 aliphatic heterocycles. The van der Waals surface area contributed by atoms with E-state index in [0.717, 1.165) is 10.7 Å². The number of rotatable bonds is 5. The third-order valence-corrected chi connectivity index (χ3v) is 2.26. The summed E-state index contributed by atoms with van der Waals surface area (Å²) in [5, 5.41) is 2.80. The van der Waals surface area contributed by atoms with Crippen molar-refractivity contribution in [2.75, 3.05) is 6.61 Å². The highest BCUT2D eigenvalue weighted by atomic mass is 35.5. The Hall–Kier alpha value is -0.160. The number of halogens is 1. The number of hydrogen-bond acceptors (Lipinski definition) is 4. The Kier molecular flexibility index (Phi) is 4.53. The van der Waals surface area contributed by atoms with Crippen molar-refractivity contribution in [3.63, 3.8) is 0 Å². The van der Waals surface area contributed by atoms with Crippen LogP contribution in [0, 0.1) is 0 Å². The van der Waals surface area contributed by atoms with Crippen LogP contribution in [0.25, 0.3) is 0 Å². The van der Waals surface area contributed by atoms with Gasteiger partial charge >= 0.3 is 0 Å². The first kappa shape index (κ1) is 9.92. The van der Waals surface area contributed by atoms with Crippen molar-refractivity contribution in [2.24, 2.45) is 0 Å². The fourth-order valence-electron chi connectivity index (χ4n) is 0.652. The van der Waals surface area contributed by atoms with Gasteiger partial charge in [-0.25, -0.2) is 14.8 Å². The average Bonchev–Trinajstić information content (AvgIpc) is 2.53. The predicted molar refractivity (Wildman–Crippen MR) is 48.1 cm³/mol. The van der Waals surface area contributed by atoms with E-state index in [1.54, 1.807) is 0 Å². The Bertz CT molecular complexity index is 229. The molecular formula is C7H10ClNO2S. The molecule has 0 atom stereocenters. The Labute approximate surface area is 80.2 Å². The van der Waals surface area contributed by atoms with Crippen LogP contribution >= 0.6 is 22.9 Å². The normalized spacial score (nSPS) is 10.5. The van der Waals surface area contributed by atoms with Gasteiger partial charge in [-0.2, -0.15) is 0 Å². The van der Waals surface area contributed by atoms with E-state index in [4.69, 9.17) is 21.4 Å². The van der Waals surface area contributed by atoms with Gasteiger partial charge in [-0.1, -0.05) is 0 Å². The van der Waals surface area contributed by atoms with Gasteiger partial charge < -0.3 is 0 Å². The number of alkyl halides is 1. The molecule has 0 N–H and O–H groups in total. The molecule has 3 nitrogen and oxygen atoms in total. The molecule has 5 heteroatoms. The lowest BCUT2D eigenvalue weighted by Gasteiger charge is -1.96. The van der Waals surface area contributed by atoms with Gasteiger partial charge in [0.1, 0.15) is 11.6 Å². The highest BCUT2D eigenvalue weighted by molar-refractivity contribution is 7.09. The lowest BCUT2D eigenvalue weighted by molar-refractivity contribution is -0.300. The summed E-state index contributed by atoms with van der Waals surface area (Å²) in [7, 11) is 0. The number of nitrogens with zero attached hydrogens (tertiary/aromatic N) is 1. The molecule has 0 radical (unpaired) electrons. The van der Waals surface area contributed by atoms with Gasteiger partial charge in [0, 0.05) is 5.38 Å². The minimum atomic E-state index is 0.398.